The number of aliphatic imine (C=N–C) groups is 1. The molecule has 0 heterocycles. The first-order valence-electron chi connectivity index (χ1n) is 8.46. The molecule has 2 aromatic carbocycles. The normalized spacial score (nSPS) is 10.9. The van der Waals surface area contributed by atoms with Gasteiger partial charge in [-0.15, -0.1) is 24.0 Å². The highest BCUT2D eigenvalue weighted by atomic mass is 127. The fraction of sp³-hybridized carbons (Fsp3) is 0.350. The largest absolute Gasteiger partial charge is 0.372 e. The molecule has 0 aromatic heterocycles. The van der Waals surface area contributed by atoms with E-state index in [-0.39, 0.29) is 24.0 Å². The predicted octanol–water partition coefficient (Wildman–Crippen LogP) is 4.10. The van der Waals surface area contributed by atoms with Crippen molar-refractivity contribution in [3.05, 3.63) is 71.3 Å². The SMILES string of the molecule is CCCNC(=NC)NCc1ccc(COCc2ccccc2)cc1.I. The molecular weight excluding hydrogens is 425 g/mol. The molecule has 0 spiro atoms. The number of benzene rings is 2. The number of nitrogens with zero attached hydrogens (tertiary/aromatic N) is 1. The molecule has 0 aliphatic rings. The van der Waals surface area contributed by atoms with Crippen LogP contribution in [-0.2, 0) is 24.5 Å². The highest BCUT2D eigenvalue weighted by Crippen LogP contribution is 2.08. The molecule has 0 fully saturated rings. The van der Waals surface area contributed by atoms with Gasteiger partial charge in [-0.1, -0.05) is 61.5 Å². The molecule has 0 bridgehead atoms. The lowest BCUT2D eigenvalue weighted by Crippen LogP contribution is -2.37. The summed E-state index contributed by atoms with van der Waals surface area (Å²) in [5.41, 5.74) is 3.61. The summed E-state index contributed by atoms with van der Waals surface area (Å²) in [5.74, 6) is 0.840. The minimum absolute atomic E-state index is 0. The fourth-order valence-electron chi connectivity index (χ4n) is 2.26. The molecule has 2 N–H and O–H groups in total. The molecule has 5 heteroatoms. The van der Waals surface area contributed by atoms with E-state index in [9.17, 15) is 0 Å². The van der Waals surface area contributed by atoms with Gasteiger partial charge in [0.2, 0.25) is 0 Å². The van der Waals surface area contributed by atoms with Crippen LogP contribution in [0, 0.1) is 0 Å². The lowest BCUT2D eigenvalue weighted by Gasteiger charge is -2.11. The first-order chi connectivity index (χ1) is 11.8. The molecule has 136 valence electrons. The van der Waals surface area contributed by atoms with Crippen molar-refractivity contribution in [1.82, 2.24) is 10.6 Å². The summed E-state index contributed by atoms with van der Waals surface area (Å²) in [4.78, 5) is 4.20. The van der Waals surface area contributed by atoms with Crippen molar-refractivity contribution in [2.45, 2.75) is 33.1 Å². The van der Waals surface area contributed by atoms with E-state index in [1.165, 1.54) is 16.7 Å². The summed E-state index contributed by atoms with van der Waals surface area (Å²) < 4.78 is 5.76. The van der Waals surface area contributed by atoms with Gasteiger partial charge in [-0.05, 0) is 23.1 Å². The van der Waals surface area contributed by atoms with Crippen LogP contribution >= 0.6 is 24.0 Å². The number of guanidine groups is 1. The van der Waals surface area contributed by atoms with Crippen LogP contribution in [0.1, 0.15) is 30.0 Å². The van der Waals surface area contributed by atoms with Crippen molar-refractivity contribution in [2.75, 3.05) is 13.6 Å². The van der Waals surface area contributed by atoms with Gasteiger partial charge in [-0.25, -0.2) is 0 Å². The average Bonchev–Trinajstić information content (AvgIpc) is 2.64. The Morgan fingerprint density at radius 3 is 2.08 bits per heavy atom. The maximum absolute atomic E-state index is 5.76. The average molecular weight is 453 g/mol. The van der Waals surface area contributed by atoms with Crippen molar-refractivity contribution in [2.24, 2.45) is 4.99 Å². The maximum atomic E-state index is 5.76. The van der Waals surface area contributed by atoms with Crippen LogP contribution in [-0.4, -0.2) is 19.6 Å². The van der Waals surface area contributed by atoms with E-state index < -0.39 is 0 Å². The summed E-state index contributed by atoms with van der Waals surface area (Å²) in [6.07, 6.45) is 1.08. The van der Waals surface area contributed by atoms with Crippen LogP contribution in [0.4, 0.5) is 0 Å². The van der Waals surface area contributed by atoms with E-state index in [1.54, 1.807) is 7.05 Å². The molecule has 2 rings (SSSR count). The minimum Gasteiger partial charge on any atom is -0.372 e. The third-order valence-corrected chi connectivity index (χ3v) is 3.63. The Morgan fingerprint density at radius 1 is 0.880 bits per heavy atom. The van der Waals surface area contributed by atoms with Crippen molar-refractivity contribution in [1.29, 1.82) is 0 Å². The minimum atomic E-state index is 0. The molecule has 0 radical (unpaired) electrons. The van der Waals surface area contributed by atoms with Gasteiger partial charge in [0.15, 0.2) is 5.96 Å². The zero-order valence-corrected chi connectivity index (χ0v) is 17.3. The van der Waals surface area contributed by atoms with Gasteiger partial charge < -0.3 is 15.4 Å². The summed E-state index contributed by atoms with van der Waals surface area (Å²) in [7, 11) is 1.79. The molecule has 0 amide bonds. The van der Waals surface area contributed by atoms with Gasteiger partial charge in [0.25, 0.3) is 0 Å². The smallest absolute Gasteiger partial charge is 0.191 e. The quantitative estimate of drug-likeness (QED) is 0.360. The second-order valence-corrected chi connectivity index (χ2v) is 5.65. The third-order valence-electron chi connectivity index (χ3n) is 3.63. The number of hydrogen-bond acceptors (Lipinski definition) is 2. The van der Waals surface area contributed by atoms with Crippen LogP contribution in [0.15, 0.2) is 59.6 Å². The standard InChI is InChI=1S/C20H27N3O.HI/c1-3-13-22-20(21-2)23-14-17-9-11-19(12-10-17)16-24-15-18-7-5-4-6-8-18;/h4-12H,3,13-16H2,1-2H3,(H2,21,22,23);1H. The van der Waals surface area contributed by atoms with Gasteiger partial charge in [0, 0.05) is 20.1 Å². The van der Waals surface area contributed by atoms with Crippen molar-refractivity contribution < 1.29 is 4.74 Å². The number of halogens is 1. The maximum Gasteiger partial charge on any atom is 0.191 e. The Hall–Kier alpha value is -1.60. The highest BCUT2D eigenvalue weighted by molar-refractivity contribution is 14.0. The van der Waals surface area contributed by atoms with Gasteiger partial charge >= 0.3 is 0 Å². The van der Waals surface area contributed by atoms with E-state index >= 15 is 0 Å². The van der Waals surface area contributed by atoms with Crippen molar-refractivity contribution in [3.63, 3.8) is 0 Å². The van der Waals surface area contributed by atoms with Crippen LogP contribution in [0.2, 0.25) is 0 Å². The molecule has 25 heavy (non-hydrogen) atoms. The van der Waals surface area contributed by atoms with Crippen LogP contribution < -0.4 is 10.6 Å². The van der Waals surface area contributed by atoms with Gasteiger partial charge in [-0.2, -0.15) is 0 Å². The predicted molar refractivity (Wildman–Crippen MR) is 115 cm³/mol. The number of rotatable bonds is 8. The molecule has 0 atom stereocenters. The van der Waals surface area contributed by atoms with Gasteiger partial charge in [-0.3, -0.25) is 4.99 Å². The van der Waals surface area contributed by atoms with Crippen LogP contribution in [0.25, 0.3) is 0 Å². The lowest BCUT2D eigenvalue weighted by atomic mass is 10.1. The Balaban J connectivity index is 0.00000312. The van der Waals surface area contributed by atoms with E-state index in [2.05, 4.69) is 58.9 Å². The molecule has 0 unspecified atom stereocenters. The molecule has 0 aliphatic heterocycles. The Kier molecular flexibility index (Phi) is 10.9. The lowest BCUT2D eigenvalue weighted by molar-refractivity contribution is 0.107. The van der Waals surface area contributed by atoms with Crippen LogP contribution in [0.5, 0.6) is 0 Å². The van der Waals surface area contributed by atoms with E-state index in [0.717, 1.165) is 25.5 Å². The highest BCUT2D eigenvalue weighted by Gasteiger charge is 1.99. The fourth-order valence-corrected chi connectivity index (χ4v) is 2.26. The molecule has 0 saturated heterocycles. The van der Waals surface area contributed by atoms with Gasteiger partial charge in [0.05, 0.1) is 13.2 Å². The van der Waals surface area contributed by atoms with E-state index in [1.807, 2.05) is 18.2 Å². The zero-order valence-electron chi connectivity index (χ0n) is 15.0. The summed E-state index contributed by atoms with van der Waals surface area (Å²) in [6.45, 7) is 5.09. The number of ether oxygens (including phenoxy) is 1. The number of nitrogens with one attached hydrogen (secondary N) is 2. The Labute approximate surface area is 168 Å². The summed E-state index contributed by atoms with van der Waals surface area (Å²) in [6, 6.07) is 18.7. The summed E-state index contributed by atoms with van der Waals surface area (Å²) in [5, 5.41) is 6.58. The van der Waals surface area contributed by atoms with E-state index in [0.29, 0.717) is 13.2 Å². The topological polar surface area (TPSA) is 45.7 Å². The zero-order chi connectivity index (χ0) is 17.0. The third kappa shape index (κ3) is 8.36. The second-order valence-electron chi connectivity index (χ2n) is 5.65. The molecule has 4 nitrogen and oxygen atoms in total. The first-order valence-corrected chi connectivity index (χ1v) is 8.46. The van der Waals surface area contributed by atoms with Crippen molar-refractivity contribution in [3.8, 4) is 0 Å². The second kappa shape index (κ2) is 12.7. The molecule has 2 aromatic rings. The van der Waals surface area contributed by atoms with E-state index in [4.69, 9.17) is 4.74 Å². The molecule has 0 aliphatic carbocycles. The Morgan fingerprint density at radius 2 is 1.48 bits per heavy atom. The van der Waals surface area contributed by atoms with Crippen LogP contribution in [0.3, 0.4) is 0 Å². The molecule has 0 saturated carbocycles. The van der Waals surface area contributed by atoms with Gasteiger partial charge in [0.1, 0.15) is 0 Å². The Bertz CT molecular complexity index is 615. The molecular formula is C20H28IN3O. The first kappa shape index (κ1) is 21.4. The summed E-state index contributed by atoms with van der Waals surface area (Å²) >= 11 is 0. The number of hydrogen-bond donors (Lipinski definition) is 2. The monoisotopic (exact) mass is 453 g/mol. The van der Waals surface area contributed by atoms with Crippen molar-refractivity contribution >= 4 is 29.9 Å².